The molecule has 316 valence electrons. The van der Waals surface area contributed by atoms with Crippen molar-refractivity contribution in [1.29, 1.82) is 0 Å². The van der Waals surface area contributed by atoms with Crippen molar-refractivity contribution in [3.8, 4) is 0 Å². The van der Waals surface area contributed by atoms with Crippen LogP contribution in [0.5, 0.6) is 0 Å². The summed E-state index contributed by atoms with van der Waals surface area (Å²) in [5.74, 6) is -1.75. The lowest BCUT2D eigenvalue weighted by atomic mass is 9.82. The summed E-state index contributed by atoms with van der Waals surface area (Å²) >= 11 is 0. The lowest BCUT2D eigenvalue weighted by Gasteiger charge is -2.35. The molecule has 0 amide bonds. The van der Waals surface area contributed by atoms with E-state index in [0.29, 0.717) is 25.7 Å². The first-order valence-electron chi connectivity index (χ1n) is 21.9. The molecule has 3 atom stereocenters. The van der Waals surface area contributed by atoms with Crippen LogP contribution in [0.2, 0.25) is 0 Å². The van der Waals surface area contributed by atoms with Crippen LogP contribution >= 0.6 is 7.82 Å². The summed E-state index contributed by atoms with van der Waals surface area (Å²) in [7, 11) is -5.19. The van der Waals surface area contributed by atoms with Crippen LogP contribution in [0.1, 0.15) is 219 Å². The summed E-state index contributed by atoms with van der Waals surface area (Å²) in [6, 6.07) is 0. The van der Waals surface area contributed by atoms with Crippen LogP contribution in [0, 0.1) is 0 Å². The lowest BCUT2D eigenvalue weighted by molar-refractivity contribution is -0.165. The third-order valence-electron chi connectivity index (χ3n) is 10.4. The number of aliphatic hydroxyl groups excluding tert-OH is 4. The first-order valence-corrected chi connectivity index (χ1v) is 23.4. The van der Waals surface area contributed by atoms with Gasteiger partial charge in [-0.1, -0.05) is 194 Å². The van der Waals surface area contributed by atoms with Crippen molar-refractivity contribution < 1.29 is 48.5 Å². The van der Waals surface area contributed by atoms with Gasteiger partial charge in [-0.05, 0) is 12.8 Å². The maximum absolute atomic E-state index is 13.7. The van der Waals surface area contributed by atoms with E-state index in [0.717, 1.165) is 38.5 Å². The maximum atomic E-state index is 13.7. The van der Waals surface area contributed by atoms with Crippen LogP contribution in [-0.4, -0.2) is 74.5 Å². The Morgan fingerprint density at radius 2 is 0.792 bits per heavy atom. The zero-order valence-corrected chi connectivity index (χ0v) is 35.0. The number of ketones is 2. The van der Waals surface area contributed by atoms with Gasteiger partial charge in [0.1, 0.15) is 12.2 Å². The van der Waals surface area contributed by atoms with Crippen LogP contribution in [0.15, 0.2) is 0 Å². The first kappa shape index (κ1) is 52.3. The van der Waals surface area contributed by atoms with Crippen molar-refractivity contribution in [2.75, 3.05) is 19.8 Å². The van der Waals surface area contributed by atoms with Gasteiger partial charge in [0.15, 0.2) is 11.6 Å². The number of Topliss-reactive ketones (excluding diaryl/α,β-unsaturated/α-hetero) is 2. The Bertz CT molecular complexity index is 855. The molecule has 0 saturated heterocycles. The molecule has 0 spiro atoms. The normalized spacial score (nSPS) is 14.3. The van der Waals surface area contributed by atoms with Gasteiger partial charge in [0.2, 0.25) is 5.60 Å². The molecule has 2 unspecified atom stereocenters. The van der Waals surface area contributed by atoms with E-state index in [1.165, 1.54) is 128 Å². The van der Waals surface area contributed by atoms with Crippen LogP contribution in [0.3, 0.4) is 0 Å². The maximum Gasteiger partial charge on any atom is 0.473 e. The van der Waals surface area contributed by atoms with Gasteiger partial charge < -0.3 is 25.3 Å². The zero-order chi connectivity index (χ0) is 39.5. The van der Waals surface area contributed by atoms with Gasteiger partial charge in [-0.3, -0.25) is 18.6 Å². The number of carbonyl (C=O) groups excluding carboxylic acids is 2. The van der Waals surface area contributed by atoms with E-state index in [9.17, 15) is 34.4 Å². The molecule has 11 heteroatoms. The number of phosphoric acid groups is 1. The van der Waals surface area contributed by atoms with Crippen molar-refractivity contribution in [2.45, 2.75) is 237 Å². The molecule has 5 N–H and O–H groups in total. The average Bonchev–Trinajstić information content (AvgIpc) is 3.15. The predicted octanol–water partition coefficient (Wildman–Crippen LogP) is 10.2. The largest absolute Gasteiger partial charge is 0.473 e. The molecule has 0 heterocycles. The highest BCUT2D eigenvalue weighted by molar-refractivity contribution is 7.47. The summed E-state index contributed by atoms with van der Waals surface area (Å²) in [4.78, 5) is 37.8. The average molecular weight is 779 g/mol. The Morgan fingerprint density at radius 1 is 0.509 bits per heavy atom. The van der Waals surface area contributed by atoms with Gasteiger partial charge in [0.05, 0.1) is 19.8 Å². The molecular formula is C42H83O10P. The molecule has 0 fully saturated rings. The minimum atomic E-state index is -5.19. The molecule has 0 radical (unpaired) electrons. The number of hydrogen-bond donors (Lipinski definition) is 5. The smallest absolute Gasteiger partial charge is 0.394 e. The Kier molecular flexibility index (Phi) is 35.2. The number of carbonyl (C=O) groups is 2. The van der Waals surface area contributed by atoms with E-state index in [1.54, 1.807) is 0 Å². The topological polar surface area (TPSA) is 171 Å². The number of phosphoric ester groups is 1. The molecule has 0 aliphatic heterocycles. The summed E-state index contributed by atoms with van der Waals surface area (Å²) in [6.07, 6.45) is 30.2. The third-order valence-corrected chi connectivity index (χ3v) is 11.4. The summed E-state index contributed by atoms with van der Waals surface area (Å²) in [5, 5.41) is 39.4. The third kappa shape index (κ3) is 27.5. The van der Waals surface area contributed by atoms with Gasteiger partial charge in [0.25, 0.3) is 0 Å². The van der Waals surface area contributed by atoms with Crippen molar-refractivity contribution in [3.05, 3.63) is 0 Å². The summed E-state index contributed by atoms with van der Waals surface area (Å²) < 4.78 is 22.9. The second kappa shape index (κ2) is 35.7. The van der Waals surface area contributed by atoms with E-state index in [1.807, 2.05) is 0 Å². The minimum Gasteiger partial charge on any atom is -0.394 e. The highest BCUT2D eigenvalue weighted by Gasteiger charge is 2.55. The Balaban J connectivity index is 4.85. The first-order chi connectivity index (χ1) is 25.6. The molecule has 0 rings (SSSR count). The van der Waals surface area contributed by atoms with Crippen molar-refractivity contribution in [3.63, 3.8) is 0 Å². The highest BCUT2D eigenvalue weighted by atomic mass is 31.2. The molecule has 0 aromatic heterocycles. The molecule has 0 bridgehead atoms. The van der Waals surface area contributed by atoms with E-state index in [-0.39, 0.29) is 12.8 Å². The summed E-state index contributed by atoms with van der Waals surface area (Å²) in [6.45, 7) is 1.88. The fourth-order valence-corrected chi connectivity index (χ4v) is 8.05. The quantitative estimate of drug-likeness (QED) is 0.0228. The fourth-order valence-electron chi connectivity index (χ4n) is 6.94. The molecule has 0 aliphatic carbocycles. The summed E-state index contributed by atoms with van der Waals surface area (Å²) in [5.41, 5.74) is -2.78. The molecule has 0 aromatic carbocycles. The van der Waals surface area contributed by atoms with E-state index < -0.39 is 57.0 Å². The number of aliphatic hydroxyl groups is 4. The van der Waals surface area contributed by atoms with Crippen molar-refractivity contribution >= 4 is 19.4 Å². The van der Waals surface area contributed by atoms with Gasteiger partial charge in [-0.2, -0.15) is 0 Å². The van der Waals surface area contributed by atoms with E-state index in [4.69, 9.17) is 14.2 Å². The standard InChI is InChI=1S/C42H83O10P/c1-3-5-7-9-11-13-15-17-19-21-23-25-27-29-31-33-39(46)42(41(48)36-44,52-53(49,50)51-37-38(45)35-43)40(47)34-32-30-28-26-24-22-20-18-16-14-12-10-8-6-4-2/h38,41,43-45,48H,3-37H2,1-2H3,(H,49,50)/t38-,41?/m1/s1. The Labute approximate surface area is 324 Å². The zero-order valence-electron chi connectivity index (χ0n) is 34.1. The van der Waals surface area contributed by atoms with Gasteiger partial charge in [-0.25, -0.2) is 4.57 Å². The van der Waals surface area contributed by atoms with E-state index in [2.05, 4.69) is 13.8 Å². The lowest BCUT2D eigenvalue weighted by Crippen LogP contribution is -2.58. The van der Waals surface area contributed by atoms with Crippen LogP contribution in [0.4, 0.5) is 0 Å². The second-order valence-electron chi connectivity index (χ2n) is 15.4. The molecule has 0 aromatic rings. The van der Waals surface area contributed by atoms with Crippen LogP contribution in [0.25, 0.3) is 0 Å². The van der Waals surface area contributed by atoms with Crippen LogP contribution in [-0.2, 0) is 23.2 Å². The van der Waals surface area contributed by atoms with E-state index >= 15 is 0 Å². The molecule has 0 aliphatic rings. The predicted molar refractivity (Wildman–Crippen MR) is 215 cm³/mol. The highest BCUT2D eigenvalue weighted by Crippen LogP contribution is 2.49. The SMILES string of the molecule is CCCCCCCCCCCCCCCCCC(=O)C(OP(=O)(O)OC[C@H](O)CO)(C(=O)CCCCCCCCCCCCCCCCC)C(O)CO. The van der Waals surface area contributed by atoms with Gasteiger partial charge in [-0.15, -0.1) is 0 Å². The van der Waals surface area contributed by atoms with Crippen LogP contribution < -0.4 is 0 Å². The second-order valence-corrected chi connectivity index (χ2v) is 16.7. The Morgan fingerprint density at radius 3 is 1.06 bits per heavy atom. The van der Waals surface area contributed by atoms with Gasteiger partial charge in [0, 0.05) is 12.8 Å². The molecule has 0 saturated carbocycles. The van der Waals surface area contributed by atoms with Gasteiger partial charge >= 0.3 is 7.82 Å². The minimum absolute atomic E-state index is 0.181. The monoisotopic (exact) mass is 779 g/mol. The Hall–Kier alpha value is -0.710. The van der Waals surface area contributed by atoms with Crippen molar-refractivity contribution in [1.82, 2.24) is 0 Å². The molecule has 53 heavy (non-hydrogen) atoms. The number of hydrogen-bond acceptors (Lipinski definition) is 9. The number of unbranched alkanes of at least 4 members (excludes halogenated alkanes) is 28. The fraction of sp³-hybridized carbons (Fsp3) is 0.952. The molecular weight excluding hydrogens is 695 g/mol. The number of rotatable bonds is 42. The van der Waals surface area contributed by atoms with Crippen molar-refractivity contribution in [2.24, 2.45) is 0 Å². The molecule has 10 nitrogen and oxygen atoms in total.